The minimum Gasteiger partial charge on any atom is -0.454 e. The number of likely N-dealkylation sites (tertiary alicyclic amines) is 1. The molecule has 0 bridgehead atoms. The molecule has 0 aliphatic carbocycles. The van der Waals surface area contributed by atoms with Crippen LogP contribution < -0.4 is 9.47 Å². The molecule has 2 fully saturated rings. The fourth-order valence-corrected chi connectivity index (χ4v) is 4.76. The van der Waals surface area contributed by atoms with E-state index in [1.165, 1.54) is 31.6 Å². The molecule has 0 radical (unpaired) electrons. The average Bonchev–Trinajstić information content (AvgIpc) is 3.04. The van der Waals surface area contributed by atoms with E-state index in [0.29, 0.717) is 18.6 Å². The number of nitrogens with zero attached hydrogens (tertiary/aromatic N) is 3. The molecule has 4 rings (SSSR count). The Morgan fingerprint density at radius 3 is 2.74 bits per heavy atom. The molecule has 3 aliphatic rings. The number of aliphatic hydroxyl groups is 1. The van der Waals surface area contributed by atoms with Gasteiger partial charge in [-0.25, -0.2) is 0 Å². The standard InChI is InChI=1S/C21H33N3O3/c1-22-5-2-6-23(8-7-22)12-18-9-19(15-25)14-24(13-18)11-17-3-4-20-21(10-17)27-16-26-20/h3-4,10,18-19,25H,2,5-9,11-16H2,1H3/t18-,19+/m0/s1. The lowest BCUT2D eigenvalue weighted by atomic mass is 9.89. The second-order valence-electron chi connectivity index (χ2n) is 8.49. The van der Waals surface area contributed by atoms with Gasteiger partial charge in [0.05, 0.1) is 0 Å². The summed E-state index contributed by atoms with van der Waals surface area (Å²) in [6.07, 6.45) is 2.40. The minimum absolute atomic E-state index is 0.289. The molecule has 6 nitrogen and oxygen atoms in total. The fourth-order valence-electron chi connectivity index (χ4n) is 4.76. The molecule has 1 aromatic rings. The number of hydrogen-bond acceptors (Lipinski definition) is 6. The fraction of sp³-hybridized carbons (Fsp3) is 0.714. The van der Waals surface area contributed by atoms with Crippen LogP contribution in [0.4, 0.5) is 0 Å². The van der Waals surface area contributed by atoms with Gasteiger partial charge in [-0.2, -0.15) is 0 Å². The summed E-state index contributed by atoms with van der Waals surface area (Å²) >= 11 is 0. The topological polar surface area (TPSA) is 48.4 Å². The first-order chi connectivity index (χ1) is 13.2. The Morgan fingerprint density at radius 1 is 1.00 bits per heavy atom. The maximum atomic E-state index is 9.82. The highest BCUT2D eigenvalue weighted by Crippen LogP contribution is 2.33. The molecule has 3 heterocycles. The van der Waals surface area contributed by atoms with Gasteiger partial charge in [-0.15, -0.1) is 0 Å². The first-order valence-corrected chi connectivity index (χ1v) is 10.3. The molecule has 0 amide bonds. The summed E-state index contributed by atoms with van der Waals surface area (Å²) in [7, 11) is 2.22. The van der Waals surface area contributed by atoms with Gasteiger partial charge >= 0.3 is 0 Å². The van der Waals surface area contributed by atoms with Gasteiger partial charge in [-0.3, -0.25) is 4.90 Å². The summed E-state index contributed by atoms with van der Waals surface area (Å²) in [6, 6.07) is 6.25. The first kappa shape index (κ1) is 19.0. The summed E-state index contributed by atoms with van der Waals surface area (Å²) in [6.45, 7) is 9.49. The number of ether oxygens (including phenoxy) is 2. The number of aliphatic hydroxyl groups excluding tert-OH is 1. The van der Waals surface area contributed by atoms with Crippen LogP contribution in [0.5, 0.6) is 11.5 Å². The van der Waals surface area contributed by atoms with Crippen LogP contribution in [0.15, 0.2) is 18.2 Å². The van der Waals surface area contributed by atoms with E-state index < -0.39 is 0 Å². The van der Waals surface area contributed by atoms with Crippen LogP contribution in [0.25, 0.3) is 0 Å². The SMILES string of the molecule is CN1CCCN(C[C@@H]2C[C@@H](CO)CN(Cc3ccc4c(c3)OCO4)C2)CC1. The molecular formula is C21H33N3O3. The predicted molar refractivity (Wildman–Crippen MR) is 105 cm³/mol. The number of benzene rings is 1. The molecule has 0 unspecified atom stereocenters. The van der Waals surface area contributed by atoms with E-state index in [2.05, 4.69) is 33.9 Å². The number of hydrogen-bond donors (Lipinski definition) is 1. The van der Waals surface area contributed by atoms with Crippen LogP contribution in [0.1, 0.15) is 18.4 Å². The lowest BCUT2D eigenvalue weighted by molar-refractivity contribution is 0.0627. The molecule has 2 saturated heterocycles. The number of rotatable bonds is 5. The number of likely N-dealkylation sites (N-methyl/N-ethyl adjacent to an activating group) is 1. The lowest BCUT2D eigenvalue weighted by Gasteiger charge is -2.39. The van der Waals surface area contributed by atoms with Gasteiger partial charge in [0.2, 0.25) is 6.79 Å². The summed E-state index contributed by atoms with van der Waals surface area (Å²) in [4.78, 5) is 7.58. The maximum Gasteiger partial charge on any atom is 0.231 e. The highest BCUT2D eigenvalue weighted by atomic mass is 16.7. The van der Waals surface area contributed by atoms with Crippen LogP contribution in [0.3, 0.4) is 0 Å². The van der Waals surface area contributed by atoms with Gasteiger partial charge in [0.15, 0.2) is 11.5 Å². The largest absolute Gasteiger partial charge is 0.454 e. The Balaban J connectivity index is 1.36. The van der Waals surface area contributed by atoms with E-state index >= 15 is 0 Å². The van der Waals surface area contributed by atoms with Gasteiger partial charge in [0.1, 0.15) is 0 Å². The van der Waals surface area contributed by atoms with Crippen molar-refractivity contribution in [3.05, 3.63) is 23.8 Å². The summed E-state index contributed by atoms with van der Waals surface area (Å²) in [5.41, 5.74) is 1.26. The average molecular weight is 376 g/mol. The Bertz CT molecular complexity index is 627. The van der Waals surface area contributed by atoms with Crippen molar-refractivity contribution in [1.29, 1.82) is 0 Å². The van der Waals surface area contributed by atoms with Crippen LogP contribution in [-0.2, 0) is 6.54 Å². The van der Waals surface area contributed by atoms with Crippen molar-refractivity contribution in [2.75, 3.05) is 66.3 Å². The number of piperidine rings is 1. The molecule has 0 spiro atoms. The Labute approximate surface area is 162 Å². The van der Waals surface area contributed by atoms with Crippen LogP contribution in [0.2, 0.25) is 0 Å². The lowest BCUT2D eigenvalue weighted by Crippen LogP contribution is -2.45. The molecule has 6 heteroatoms. The van der Waals surface area contributed by atoms with E-state index in [9.17, 15) is 5.11 Å². The molecule has 0 saturated carbocycles. The highest BCUT2D eigenvalue weighted by molar-refractivity contribution is 5.44. The van der Waals surface area contributed by atoms with E-state index in [-0.39, 0.29) is 6.61 Å². The monoisotopic (exact) mass is 375 g/mol. The van der Waals surface area contributed by atoms with Crippen molar-refractivity contribution in [3.63, 3.8) is 0 Å². The smallest absolute Gasteiger partial charge is 0.231 e. The van der Waals surface area contributed by atoms with Gasteiger partial charge < -0.3 is 24.4 Å². The highest BCUT2D eigenvalue weighted by Gasteiger charge is 2.29. The summed E-state index contributed by atoms with van der Waals surface area (Å²) in [5.74, 6) is 2.71. The molecular weight excluding hydrogens is 342 g/mol. The molecule has 27 heavy (non-hydrogen) atoms. The van der Waals surface area contributed by atoms with Crippen molar-refractivity contribution in [1.82, 2.24) is 14.7 Å². The van der Waals surface area contributed by atoms with Gasteiger partial charge in [-0.05, 0) is 62.5 Å². The van der Waals surface area contributed by atoms with Crippen molar-refractivity contribution in [3.8, 4) is 11.5 Å². The third kappa shape index (κ3) is 4.93. The summed E-state index contributed by atoms with van der Waals surface area (Å²) in [5, 5.41) is 9.82. The van der Waals surface area contributed by atoms with E-state index in [4.69, 9.17) is 9.47 Å². The quantitative estimate of drug-likeness (QED) is 0.841. The zero-order valence-corrected chi connectivity index (χ0v) is 16.5. The second kappa shape index (κ2) is 8.78. The summed E-state index contributed by atoms with van der Waals surface area (Å²) < 4.78 is 10.9. The van der Waals surface area contributed by atoms with E-state index in [1.54, 1.807) is 0 Å². The maximum absolute atomic E-state index is 9.82. The Kier molecular flexibility index (Phi) is 6.18. The zero-order valence-electron chi connectivity index (χ0n) is 16.5. The van der Waals surface area contributed by atoms with Gasteiger partial charge in [-0.1, -0.05) is 6.07 Å². The minimum atomic E-state index is 0.289. The van der Waals surface area contributed by atoms with Crippen LogP contribution >= 0.6 is 0 Å². The molecule has 1 N–H and O–H groups in total. The second-order valence-corrected chi connectivity index (χ2v) is 8.49. The third-order valence-corrected chi connectivity index (χ3v) is 6.13. The van der Waals surface area contributed by atoms with Gasteiger partial charge in [0, 0.05) is 45.9 Å². The molecule has 1 aromatic carbocycles. The molecule has 3 aliphatic heterocycles. The van der Waals surface area contributed by atoms with Crippen LogP contribution in [-0.4, -0.2) is 86.1 Å². The third-order valence-electron chi connectivity index (χ3n) is 6.13. The zero-order chi connectivity index (χ0) is 18.6. The molecule has 150 valence electrons. The Hall–Kier alpha value is -1.34. The van der Waals surface area contributed by atoms with Gasteiger partial charge in [0.25, 0.3) is 0 Å². The van der Waals surface area contributed by atoms with E-state index in [1.807, 2.05) is 6.07 Å². The molecule has 2 atom stereocenters. The van der Waals surface area contributed by atoms with Crippen molar-refractivity contribution in [2.24, 2.45) is 11.8 Å². The number of fused-ring (bicyclic) bond motifs is 1. The normalized spacial score (nSPS) is 27.6. The molecule has 0 aromatic heterocycles. The van der Waals surface area contributed by atoms with Crippen molar-refractivity contribution >= 4 is 0 Å². The van der Waals surface area contributed by atoms with Crippen LogP contribution in [0, 0.1) is 11.8 Å². The Morgan fingerprint density at radius 2 is 1.85 bits per heavy atom. The predicted octanol–water partition coefficient (Wildman–Crippen LogP) is 1.48. The van der Waals surface area contributed by atoms with Crippen molar-refractivity contribution < 1.29 is 14.6 Å². The van der Waals surface area contributed by atoms with E-state index in [0.717, 1.165) is 50.6 Å². The van der Waals surface area contributed by atoms with Crippen molar-refractivity contribution in [2.45, 2.75) is 19.4 Å². The first-order valence-electron chi connectivity index (χ1n) is 10.3.